The van der Waals surface area contributed by atoms with Crippen LogP contribution in [0.25, 0.3) is 5.69 Å². The fourth-order valence-electron chi connectivity index (χ4n) is 1.52. The molecular weight excluding hydrogens is 291 g/mol. The summed E-state index contributed by atoms with van der Waals surface area (Å²) in [6.07, 6.45) is 0.913. The standard InChI is InChI=1S/C10H10BrClN4/c1-2-7-5-8(11)3-4-9(7)16-10(6-12)13-14-15-16/h3-5H,2,6H2,1H3. The maximum absolute atomic E-state index is 5.78. The third-order valence-corrected chi connectivity index (χ3v) is 3.04. The van der Waals surface area contributed by atoms with Gasteiger partial charge in [-0.05, 0) is 40.6 Å². The van der Waals surface area contributed by atoms with E-state index in [1.165, 1.54) is 5.56 Å². The second-order valence-corrected chi connectivity index (χ2v) is 4.45. The van der Waals surface area contributed by atoms with Crippen molar-refractivity contribution in [3.63, 3.8) is 0 Å². The second-order valence-electron chi connectivity index (χ2n) is 3.27. The van der Waals surface area contributed by atoms with Crippen molar-refractivity contribution < 1.29 is 0 Å². The molecule has 1 heterocycles. The zero-order valence-electron chi connectivity index (χ0n) is 8.69. The summed E-state index contributed by atoms with van der Waals surface area (Å²) in [5.41, 5.74) is 2.15. The highest BCUT2D eigenvalue weighted by atomic mass is 79.9. The van der Waals surface area contributed by atoms with Crippen molar-refractivity contribution in [2.75, 3.05) is 0 Å². The molecule has 2 rings (SSSR count). The van der Waals surface area contributed by atoms with E-state index in [2.05, 4.69) is 44.4 Å². The lowest BCUT2D eigenvalue weighted by Gasteiger charge is -2.08. The van der Waals surface area contributed by atoms with Crippen LogP contribution in [-0.4, -0.2) is 20.2 Å². The number of aromatic nitrogens is 4. The molecule has 0 radical (unpaired) electrons. The minimum atomic E-state index is 0.298. The molecule has 4 nitrogen and oxygen atoms in total. The zero-order chi connectivity index (χ0) is 11.5. The Balaban J connectivity index is 2.55. The van der Waals surface area contributed by atoms with E-state index < -0.39 is 0 Å². The number of nitrogens with zero attached hydrogens (tertiary/aromatic N) is 4. The SMILES string of the molecule is CCc1cc(Br)ccc1-n1nnnc1CCl. The fraction of sp³-hybridized carbons (Fsp3) is 0.300. The second kappa shape index (κ2) is 4.93. The van der Waals surface area contributed by atoms with Crippen LogP contribution in [0.4, 0.5) is 0 Å². The van der Waals surface area contributed by atoms with E-state index in [-0.39, 0.29) is 0 Å². The number of hydrogen-bond donors (Lipinski definition) is 0. The van der Waals surface area contributed by atoms with Crippen molar-refractivity contribution in [2.24, 2.45) is 0 Å². The van der Waals surface area contributed by atoms with Crippen LogP contribution < -0.4 is 0 Å². The number of halogens is 2. The summed E-state index contributed by atoms with van der Waals surface area (Å²) in [6.45, 7) is 2.09. The van der Waals surface area contributed by atoms with Crippen molar-refractivity contribution in [3.8, 4) is 5.69 Å². The van der Waals surface area contributed by atoms with Gasteiger partial charge in [0.2, 0.25) is 0 Å². The molecular formula is C10H10BrClN4. The summed E-state index contributed by atoms with van der Waals surface area (Å²) in [6, 6.07) is 6.01. The fourth-order valence-corrected chi connectivity index (χ4v) is 2.10. The maximum Gasteiger partial charge on any atom is 0.171 e. The molecule has 0 fully saturated rings. The molecule has 84 valence electrons. The van der Waals surface area contributed by atoms with Gasteiger partial charge < -0.3 is 0 Å². The van der Waals surface area contributed by atoms with Gasteiger partial charge in [0.15, 0.2) is 5.82 Å². The number of rotatable bonds is 3. The molecule has 0 amide bonds. The van der Waals surface area contributed by atoms with Gasteiger partial charge in [0.05, 0.1) is 11.6 Å². The summed E-state index contributed by atoms with van der Waals surface area (Å²) in [5.74, 6) is 0.949. The molecule has 0 aliphatic carbocycles. The highest BCUT2D eigenvalue weighted by Gasteiger charge is 2.10. The topological polar surface area (TPSA) is 43.6 Å². The van der Waals surface area contributed by atoms with Crippen LogP contribution in [0.3, 0.4) is 0 Å². The molecule has 0 bridgehead atoms. The van der Waals surface area contributed by atoms with Crippen LogP contribution in [0.1, 0.15) is 18.3 Å². The summed E-state index contributed by atoms with van der Waals surface area (Å²) in [4.78, 5) is 0. The predicted octanol–water partition coefficient (Wildman–Crippen LogP) is 2.73. The van der Waals surface area contributed by atoms with Gasteiger partial charge in [-0.1, -0.05) is 22.9 Å². The lowest BCUT2D eigenvalue weighted by molar-refractivity contribution is 0.768. The summed E-state index contributed by atoms with van der Waals surface area (Å²) in [5, 5.41) is 11.5. The van der Waals surface area contributed by atoms with E-state index >= 15 is 0 Å². The first kappa shape index (κ1) is 11.5. The average Bonchev–Trinajstić information content (AvgIpc) is 2.76. The van der Waals surface area contributed by atoms with E-state index in [1.54, 1.807) is 4.68 Å². The Morgan fingerprint density at radius 2 is 2.25 bits per heavy atom. The molecule has 0 unspecified atom stereocenters. The number of tetrazole rings is 1. The Morgan fingerprint density at radius 3 is 2.94 bits per heavy atom. The normalized spacial score (nSPS) is 10.7. The zero-order valence-corrected chi connectivity index (χ0v) is 11.0. The summed E-state index contributed by atoms with van der Waals surface area (Å²) >= 11 is 9.23. The van der Waals surface area contributed by atoms with Gasteiger partial charge in [0.25, 0.3) is 0 Å². The highest BCUT2D eigenvalue weighted by Crippen LogP contribution is 2.21. The molecule has 0 saturated carbocycles. The van der Waals surface area contributed by atoms with Crippen LogP contribution in [-0.2, 0) is 12.3 Å². The molecule has 6 heteroatoms. The number of benzene rings is 1. The first-order chi connectivity index (χ1) is 7.76. The van der Waals surface area contributed by atoms with Gasteiger partial charge in [-0.15, -0.1) is 16.7 Å². The monoisotopic (exact) mass is 300 g/mol. The Morgan fingerprint density at radius 1 is 1.44 bits per heavy atom. The highest BCUT2D eigenvalue weighted by molar-refractivity contribution is 9.10. The quantitative estimate of drug-likeness (QED) is 0.819. The number of alkyl halides is 1. The minimum Gasteiger partial charge on any atom is -0.196 e. The van der Waals surface area contributed by atoms with E-state index in [0.29, 0.717) is 11.7 Å². The summed E-state index contributed by atoms with van der Waals surface area (Å²) in [7, 11) is 0. The molecule has 0 saturated heterocycles. The maximum atomic E-state index is 5.78. The Kier molecular flexibility index (Phi) is 3.56. The van der Waals surface area contributed by atoms with Crippen LogP contribution in [0.5, 0.6) is 0 Å². The third kappa shape index (κ3) is 2.10. The van der Waals surface area contributed by atoms with Crippen molar-refractivity contribution in [1.82, 2.24) is 20.2 Å². The van der Waals surface area contributed by atoms with Crippen molar-refractivity contribution in [2.45, 2.75) is 19.2 Å². The van der Waals surface area contributed by atoms with Gasteiger partial charge in [-0.3, -0.25) is 0 Å². The van der Waals surface area contributed by atoms with E-state index in [9.17, 15) is 0 Å². The first-order valence-corrected chi connectivity index (χ1v) is 6.21. The molecule has 1 aromatic heterocycles. The molecule has 1 aromatic carbocycles. The van der Waals surface area contributed by atoms with Gasteiger partial charge >= 0.3 is 0 Å². The minimum absolute atomic E-state index is 0.298. The average molecular weight is 302 g/mol. The number of hydrogen-bond acceptors (Lipinski definition) is 3. The van der Waals surface area contributed by atoms with Crippen molar-refractivity contribution >= 4 is 27.5 Å². The van der Waals surface area contributed by atoms with Crippen molar-refractivity contribution in [1.29, 1.82) is 0 Å². The van der Waals surface area contributed by atoms with E-state index in [1.807, 2.05) is 12.1 Å². The molecule has 0 N–H and O–H groups in total. The molecule has 0 spiro atoms. The smallest absolute Gasteiger partial charge is 0.171 e. The van der Waals surface area contributed by atoms with Crippen LogP contribution >= 0.6 is 27.5 Å². The number of aryl methyl sites for hydroxylation is 1. The van der Waals surface area contributed by atoms with Crippen LogP contribution in [0.2, 0.25) is 0 Å². The lowest BCUT2D eigenvalue weighted by Crippen LogP contribution is -2.04. The molecule has 0 aliphatic heterocycles. The molecule has 0 atom stereocenters. The molecule has 2 aromatic rings. The Labute approximate surface area is 107 Å². The molecule has 16 heavy (non-hydrogen) atoms. The van der Waals surface area contributed by atoms with Gasteiger partial charge in [-0.2, -0.15) is 4.68 Å². The largest absolute Gasteiger partial charge is 0.196 e. The van der Waals surface area contributed by atoms with E-state index in [4.69, 9.17) is 11.6 Å². The van der Waals surface area contributed by atoms with Gasteiger partial charge in [0.1, 0.15) is 0 Å². The Hall–Kier alpha value is -0.940. The predicted molar refractivity (Wildman–Crippen MR) is 65.8 cm³/mol. The van der Waals surface area contributed by atoms with Gasteiger partial charge in [-0.25, -0.2) is 0 Å². The lowest BCUT2D eigenvalue weighted by atomic mass is 10.1. The Bertz CT molecular complexity index is 497. The van der Waals surface area contributed by atoms with Crippen LogP contribution in [0.15, 0.2) is 22.7 Å². The van der Waals surface area contributed by atoms with Gasteiger partial charge in [0, 0.05) is 4.47 Å². The van der Waals surface area contributed by atoms with Crippen LogP contribution in [0, 0.1) is 0 Å². The summed E-state index contributed by atoms with van der Waals surface area (Å²) < 4.78 is 2.73. The third-order valence-electron chi connectivity index (χ3n) is 2.30. The van der Waals surface area contributed by atoms with Crippen molar-refractivity contribution in [3.05, 3.63) is 34.1 Å². The first-order valence-electron chi connectivity index (χ1n) is 4.88. The van der Waals surface area contributed by atoms with E-state index in [0.717, 1.165) is 16.6 Å². The molecule has 0 aliphatic rings.